The fourth-order valence-corrected chi connectivity index (χ4v) is 1.38. The second kappa shape index (κ2) is 4.65. The molecule has 0 spiro atoms. The van der Waals surface area contributed by atoms with Gasteiger partial charge in [0.1, 0.15) is 5.76 Å². The molecule has 0 aliphatic heterocycles. The summed E-state index contributed by atoms with van der Waals surface area (Å²) in [5.41, 5.74) is 0. The van der Waals surface area contributed by atoms with E-state index in [1.165, 1.54) is 12.3 Å². The summed E-state index contributed by atoms with van der Waals surface area (Å²) in [6, 6.07) is 4.82. The Morgan fingerprint density at radius 2 is 2.47 bits per heavy atom. The number of aryl methyl sites for hydroxylation is 1. The fourth-order valence-electron chi connectivity index (χ4n) is 1.38. The predicted octanol–water partition coefficient (Wildman–Crippen LogP) is 0.615. The van der Waals surface area contributed by atoms with E-state index in [-0.39, 0.29) is 18.2 Å². The summed E-state index contributed by atoms with van der Waals surface area (Å²) < 4.78 is 6.39. The number of hydrogen-bond donors (Lipinski definition) is 2. The highest BCUT2D eigenvalue weighted by atomic mass is 16.5. The molecule has 2 rings (SSSR count). The number of carbonyl (C=O) groups is 1. The predicted molar refractivity (Wildman–Crippen MR) is 58.2 cm³/mol. The standard InChI is InChI=1S/C11H11N3O3/c1-8-5-10(13-17-8)12-11(16)7-14-4-2-3-9(15)6-14/h2-6H,7H2,1H3,(H-,12,13,15,16)/p+1. The van der Waals surface area contributed by atoms with Crippen LogP contribution in [0.15, 0.2) is 35.1 Å². The first-order valence-electron chi connectivity index (χ1n) is 5.05. The lowest BCUT2D eigenvalue weighted by molar-refractivity contribution is -0.684. The minimum Gasteiger partial charge on any atom is -0.503 e. The van der Waals surface area contributed by atoms with E-state index in [1.54, 1.807) is 29.8 Å². The number of aromatic hydroxyl groups is 1. The normalized spacial score (nSPS) is 10.2. The van der Waals surface area contributed by atoms with Gasteiger partial charge < -0.3 is 14.9 Å². The minimum absolute atomic E-state index is 0.0975. The van der Waals surface area contributed by atoms with Crippen molar-refractivity contribution in [3.05, 3.63) is 36.4 Å². The molecule has 2 N–H and O–H groups in total. The number of nitrogens with one attached hydrogen (secondary N) is 1. The second-order valence-corrected chi connectivity index (χ2v) is 3.61. The number of rotatable bonds is 3. The molecule has 0 saturated heterocycles. The van der Waals surface area contributed by atoms with Crippen molar-refractivity contribution in [2.45, 2.75) is 13.5 Å². The van der Waals surface area contributed by atoms with E-state index in [0.29, 0.717) is 11.6 Å². The first-order chi connectivity index (χ1) is 8.13. The van der Waals surface area contributed by atoms with E-state index in [0.717, 1.165) is 0 Å². The molecule has 0 atom stereocenters. The Balaban J connectivity index is 1.98. The van der Waals surface area contributed by atoms with Gasteiger partial charge in [-0.2, -0.15) is 4.57 Å². The fraction of sp³-hybridized carbons (Fsp3) is 0.182. The smallest absolute Gasteiger partial charge is 0.291 e. The maximum Gasteiger partial charge on any atom is 0.291 e. The van der Waals surface area contributed by atoms with Gasteiger partial charge in [-0.25, -0.2) is 0 Å². The van der Waals surface area contributed by atoms with E-state index in [1.807, 2.05) is 0 Å². The SMILES string of the molecule is Cc1cc(NC(=O)C[n+]2cccc(O)c2)no1. The third-order valence-electron chi connectivity index (χ3n) is 2.06. The number of nitrogens with zero attached hydrogens (tertiary/aromatic N) is 2. The summed E-state index contributed by atoms with van der Waals surface area (Å²) in [5, 5.41) is 15.5. The van der Waals surface area contributed by atoms with Crippen molar-refractivity contribution in [3.63, 3.8) is 0 Å². The highest BCUT2D eigenvalue weighted by Gasteiger charge is 2.11. The number of aromatic nitrogens is 2. The van der Waals surface area contributed by atoms with E-state index < -0.39 is 0 Å². The largest absolute Gasteiger partial charge is 0.503 e. The van der Waals surface area contributed by atoms with Crippen LogP contribution in [-0.2, 0) is 11.3 Å². The molecule has 88 valence electrons. The summed E-state index contributed by atoms with van der Waals surface area (Å²) in [6.07, 6.45) is 3.15. The average molecular weight is 234 g/mol. The van der Waals surface area contributed by atoms with Crippen molar-refractivity contribution in [1.29, 1.82) is 0 Å². The van der Waals surface area contributed by atoms with Gasteiger partial charge >= 0.3 is 0 Å². The van der Waals surface area contributed by atoms with Crippen LogP contribution < -0.4 is 9.88 Å². The Morgan fingerprint density at radius 3 is 3.12 bits per heavy atom. The Hall–Kier alpha value is -2.37. The lowest BCUT2D eigenvalue weighted by Gasteiger charge is -1.98. The Bertz CT molecular complexity index is 536. The molecule has 17 heavy (non-hydrogen) atoms. The quantitative estimate of drug-likeness (QED) is 0.763. The van der Waals surface area contributed by atoms with Gasteiger partial charge in [0.15, 0.2) is 17.8 Å². The lowest BCUT2D eigenvalue weighted by atomic mass is 10.4. The zero-order valence-corrected chi connectivity index (χ0v) is 9.25. The Kier molecular flexibility index (Phi) is 3.04. The van der Waals surface area contributed by atoms with Gasteiger partial charge in [0.05, 0.1) is 0 Å². The first kappa shape index (κ1) is 11.1. The van der Waals surface area contributed by atoms with Crippen molar-refractivity contribution in [3.8, 4) is 5.75 Å². The molecule has 0 aromatic carbocycles. The number of carbonyl (C=O) groups excluding carboxylic acids is 1. The van der Waals surface area contributed by atoms with Crippen molar-refractivity contribution in [1.82, 2.24) is 5.16 Å². The van der Waals surface area contributed by atoms with Crippen molar-refractivity contribution >= 4 is 11.7 Å². The third kappa shape index (κ3) is 3.04. The molecule has 6 nitrogen and oxygen atoms in total. The molecule has 0 aliphatic carbocycles. The molecule has 0 radical (unpaired) electrons. The molecule has 2 heterocycles. The molecular weight excluding hydrogens is 222 g/mol. The molecule has 1 amide bonds. The second-order valence-electron chi connectivity index (χ2n) is 3.61. The zero-order valence-electron chi connectivity index (χ0n) is 9.25. The number of anilines is 1. The summed E-state index contributed by atoms with van der Waals surface area (Å²) >= 11 is 0. The summed E-state index contributed by atoms with van der Waals surface area (Å²) in [5.74, 6) is 0.880. The van der Waals surface area contributed by atoms with Crippen LogP contribution in [0.4, 0.5) is 5.82 Å². The maximum atomic E-state index is 11.6. The molecule has 0 fully saturated rings. The molecule has 0 bridgehead atoms. The molecular formula is C11H12N3O3+. The van der Waals surface area contributed by atoms with Gasteiger partial charge in [-0.1, -0.05) is 5.16 Å². The Labute approximate surface area is 97.5 Å². The van der Waals surface area contributed by atoms with Gasteiger partial charge in [-0.15, -0.1) is 0 Å². The summed E-state index contributed by atoms with van der Waals surface area (Å²) in [7, 11) is 0. The van der Waals surface area contributed by atoms with Crippen LogP contribution in [0.5, 0.6) is 5.75 Å². The molecule has 6 heteroatoms. The van der Waals surface area contributed by atoms with Crippen LogP contribution >= 0.6 is 0 Å². The molecule has 0 unspecified atom stereocenters. The highest BCUT2D eigenvalue weighted by molar-refractivity contribution is 5.88. The van der Waals surface area contributed by atoms with E-state index >= 15 is 0 Å². The van der Waals surface area contributed by atoms with Gasteiger partial charge in [-0.3, -0.25) is 4.79 Å². The van der Waals surface area contributed by atoms with Crippen molar-refractivity contribution < 1.29 is 19.0 Å². The van der Waals surface area contributed by atoms with Crippen LogP contribution in [0.1, 0.15) is 5.76 Å². The van der Waals surface area contributed by atoms with Crippen LogP contribution in [0, 0.1) is 6.92 Å². The van der Waals surface area contributed by atoms with Crippen LogP contribution in [0.2, 0.25) is 0 Å². The van der Waals surface area contributed by atoms with Gasteiger partial charge in [0.2, 0.25) is 12.7 Å². The van der Waals surface area contributed by atoms with Gasteiger partial charge in [0.25, 0.3) is 5.91 Å². The average Bonchev–Trinajstić information content (AvgIpc) is 2.63. The van der Waals surface area contributed by atoms with E-state index in [4.69, 9.17) is 4.52 Å². The monoisotopic (exact) mass is 234 g/mol. The van der Waals surface area contributed by atoms with Crippen molar-refractivity contribution in [2.75, 3.05) is 5.32 Å². The zero-order chi connectivity index (χ0) is 12.3. The van der Waals surface area contributed by atoms with E-state index in [9.17, 15) is 9.90 Å². The molecule has 2 aromatic rings. The van der Waals surface area contributed by atoms with Crippen LogP contribution in [-0.4, -0.2) is 16.2 Å². The Morgan fingerprint density at radius 1 is 1.65 bits per heavy atom. The molecule has 0 saturated carbocycles. The molecule has 2 aromatic heterocycles. The number of amides is 1. The maximum absolute atomic E-state index is 11.6. The lowest BCUT2D eigenvalue weighted by Crippen LogP contribution is -2.39. The summed E-state index contributed by atoms with van der Waals surface area (Å²) in [6.45, 7) is 1.84. The number of pyridine rings is 1. The third-order valence-corrected chi connectivity index (χ3v) is 2.06. The van der Waals surface area contributed by atoms with E-state index in [2.05, 4.69) is 10.5 Å². The highest BCUT2D eigenvalue weighted by Crippen LogP contribution is 2.06. The summed E-state index contributed by atoms with van der Waals surface area (Å²) in [4.78, 5) is 11.6. The van der Waals surface area contributed by atoms with Gasteiger partial charge in [-0.05, 0) is 13.0 Å². The minimum atomic E-state index is -0.242. The first-order valence-corrected chi connectivity index (χ1v) is 5.05. The van der Waals surface area contributed by atoms with Crippen molar-refractivity contribution in [2.24, 2.45) is 0 Å². The van der Waals surface area contributed by atoms with Gasteiger partial charge in [0, 0.05) is 12.1 Å². The van der Waals surface area contributed by atoms with Crippen LogP contribution in [0.3, 0.4) is 0 Å². The number of hydrogen-bond acceptors (Lipinski definition) is 4. The van der Waals surface area contributed by atoms with Crippen LogP contribution in [0.25, 0.3) is 0 Å². The molecule has 0 aliphatic rings. The topological polar surface area (TPSA) is 79.2 Å².